The molecule has 5 nitrogen and oxygen atoms in total. The Morgan fingerprint density at radius 2 is 1.67 bits per heavy atom. The quantitative estimate of drug-likeness (QED) is 0.748. The fraction of sp³-hybridized carbons (Fsp3) is 0.409. The van der Waals surface area contributed by atoms with Gasteiger partial charge in [0, 0.05) is 6.07 Å². The van der Waals surface area contributed by atoms with Gasteiger partial charge >= 0.3 is 0 Å². The molecule has 1 N–H and O–H groups in total. The maximum absolute atomic E-state index is 13.7. The highest BCUT2D eigenvalue weighted by atomic mass is 32.2. The average molecular weight is 437 g/mol. The van der Waals surface area contributed by atoms with E-state index in [1.54, 1.807) is 0 Å². The molecule has 2 aromatic carbocycles. The summed E-state index contributed by atoms with van der Waals surface area (Å²) in [5, 5.41) is 2.84. The average Bonchev–Trinajstić information content (AvgIpc) is 2.69. The molecule has 1 amide bonds. The summed E-state index contributed by atoms with van der Waals surface area (Å²) in [5.74, 6) is -2.81. The van der Waals surface area contributed by atoms with E-state index in [1.807, 2.05) is 13.0 Å². The number of nitrogens with zero attached hydrogens (tertiary/aromatic N) is 1. The smallest absolute Gasteiger partial charge is 0.244 e. The number of sulfonamides is 1. The molecule has 30 heavy (non-hydrogen) atoms. The van der Waals surface area contributed by atoms with Gasteiger partial charge in [-0.25, -0.2) is 17.2 Å². The van der Waals surface area contributed by atoms with Crippen LogP contribution < -0.4 is 9.62 Å². The van der Waals surface area contributed by atoms with Crippen LogP contribution in [0.25, 0.3) is 0 Å². The van der Waals surface area contributed by atoms with Crippen molar-refractivity contribution in [1.82, 2.24) is 5.32 Å². The number of rotatable bonds is 6. The second-order valence-corrected chi connectivity index (χ2v) is 9.66. The van der Waals surface area contributed by atoms with Gasteiger partial charge in [0.15, 0.2) is 11.6 Å². The van der Waals surface area contributed by atoms with Crippen LogP contribution in [0.4, 0.5) is 14.5 Å². The molecule has 2 aromatic rings. The topological polar surface area (TPSA) is 66.5 Å². The lowest BCUT2D eigenvalue weighted by molar-refractivity contribution is -0.122. The normalized spacial score (nSPS) is 15.8. The first kappa shape index (κ1) is 22.2. The predicted octanol–water partition coefficient (Wildman–Crippen LogP) is 3.88. The molecule has 1 aliphatic rings. The van der Waals surface area contributed by atoms with Crippen LogP contribution >= 0.6 is 0 Å². The second-order valence-electron chi connectivity index (χ2n) is 7.80. The van der Waals surface area contributed by atoms with Crippen molar-refractivity contribution in [2.24, 2.45) is 0 Å². The maximum Gasteiger partial charge on any atom is 0.244 e. The van der Waals surface area contributed by atoms with Gasteiger partial charge in [0.05, 0.1) is 18.0 Å². The fourth-order valence-corrected chi connectivity index (χ4v) is 5.04. The van der Waals surface area contributed by atoms with Crippen molar-refractivity contribution >= 4 is 21.6 Å². The van der Waals surface area contributed by atoms with E-state index in [2.05, 4.69) is 17.4 Å². The Morgan fingerprint density at radius 3 is 2.30 bits per heavy atom. The number of hydrogen-bond acceptors (Lipinski definition) is 3. The minimum absolute atomic E-state index is 0.111. The summed E-state index contributed by atoms with van der Waals surface area (Å²) in [6.07, 6.45) is 5.32. The van der Waals surface area contributed by atoms with Crippen molar-refractivity contribution in [2.45, 2.75) is 51.6 Å². The van der Waals surface area contributed by atoms with Crippen molar-refractivity contribution in [2.75, 3.05) is 10.6 Å². The van der Waals surface area contributed by atoms with Crippen LogP contribution in [-0.2, 0) is 27.7 Å². The lowest BCUT2D eigenvalue weighted by Gasteiger charge is -2.29. The molecular weight excluding hydrogens is 410 g/mol. The number of halogens is 2. The Labute approximate surface area is 176 Å². The van der Waals surface area contributed by atoms with Crippen molar-refractivity contribution < 1.29 is 22.0 Å². The molecule has 3 rings (SSSR count). The van der Waals surface area contributed by atoms with Gasteiger partial charge in [0.2, 0.25) is 15.9 Å². The number of fused-ring (bicyclic) bond motifs is 1. The SMILES string of the molecule is C[C@H](NC(=O)[C@@H](C)N(c1ccc(F)c(F)c1)S(C)(=O)=O)c1ccc2c(c1)CCCC2. The summed E-state index contributed by atoms with van der Waals surface area (Å²) in [5.41, 5.74) is 3.45. The Kier molecular flexibility index (Phi) is 6.45. The van der Waals surface area contributed by atoms with Crippen LogP contribution in [0.15, 0.2) is 36.4 Å². The lowest BCUT2D eigenvalue weighted by Crippen LogP contribution is -2.48. The molecular formula is C22H26F2N2O3S. The molecule has 0 aliphatic heterocycles. The Hall–Kier alpha value is -2.48. The van der Waals surface area contributed by atoms with Crippen LogP contribution in [-0.4, -0.2) is 26.6 Å². The standard InChI is InChI=1S/C22H26F2N2O3S/c1-14(17-9-8-16-6-4-5-7-18(16)12-17)25-22(27)15(2)26(30(3,28)29)19-10-11-20(23)21(24)13-19/h8-15H,4-7H2,1-3H3,(H,25,27)/t14-,15+/m0/s1. The van der Waals surface area contributed by atoms with Gasteiger partial charge in [-0.1, -0.05) is 18.2 Å². The van der Waals surface area contributed by atoms with Crippen LogP contribution in [0.2, 0.25) is 0 Å². The van der Waals surface area contributed by atoms with Gasteiger partial charge in [-0.05, 0) is 68.4 Å². The maximum atomic E-state index is 13.7. The highest BCUT2D eigenvalue weighted by molar-refractivity contribution is 7.92. The van der Waals surface area contributed by atoms with Crippen molar-refractivity contribution in [1.29, 1.82) is 0 Å². The Balaban J connectivity index is 1.80. The van der Waals surface area contributed by atoms with E-state index in [4.69, 9.17) is 0 Å². The number of carbonyl (C=O) groups is 1. The number of anilines is 1. The van der Waals surface area contributed by atoms with E-state index in [1.165, 1.54) is 24.5 Å². The summed E-state index contributed by atoms with van der Waals surface area (Å²) >= 11 is 0. The molecule has 0 saturated carbocycles. The molecule has 1 aliphatic carbocycles. The largest absolute Gasteiger partial charge is 0.348 e. The Morgan fingerprint density at radius 1 is 1.00 bits per heavy atom. The third-order valence-electron chi connectivity index (χ3n) is 5.48. The van der Waals surface area contributed by atoms with Crippen molar-refractivity contribution in [3.8, 4) is 0 Å². The van der Waals surface area contributed by atoms with Crippen LogP contribution in [0, 0.1) is 11.6 Å². The number of nitrogens with one attached hydrogen (secondary N) is 1. The highest BCUT2D eigenvalue weighted by Gasteiger charge is 2.30. The third kappa shape index (κ3) is 4.80. The summed E-state index contributed by atoms with van der Waals surface area (Å²) in [6.45, 7) is 3.24. The number of aryl methyl sites for hydroxylation is 2. The number of carbonyl (C=O) groups excluding carboxylic acids is 1. The van der Waals surface area contributed by atoms with E-state index < -0.39 is 33.6 Å². The summed E-state index contributed by atoms with van der Waals surface area (Å²) < 4.78 is 52.4. The number of amides is 1. The fourth-order valence-electron chi connectivity index (χ4n) is 3.87. The molecule has 2 atom stereocenters. The zero-order chi connectivity index (χ0) is 22.1. The van der Waals surface area contributed by atoms with E-state index in [9.17, 15) is 22.0 Å². The molecule has 162 valence electrons. The van der Waals surface area contributed by atoms with Crippen LogP contribution in [0.5, 0.6) is 0 Å². The summed E-state index contributed by atoms with van der Waals surface area (Å²) in [6, 6.07) is 7.41. The minimum Gasteiger partial charge on any atom is -0.348 e. The first-order chi connectivity index (χ1) is 14.1. The zero-order valence-corrected chi connectivity index (χ0v) is 18.1. The van der Waals surface area contributed by atoms with E-state index in [0.717, 1.165) is 53.6 Å². The van der Waals surface area contributed by atoms with E-state index in [0.29, 0.717) is 0 Å². The molecule has 0 saturated heterocycles. The van der Waals surface area contributed by atoms with E-state index in [-0.39, 0.29) is 11.7 Å². The minimum atomic E-state index is -3.92. The van der Waals surface area contributed by atoms with Gasteiger partial charge in [-0.3, -0.25) is 9.10 Å². The number of hydrogen-bond donors (Lipinski definition) is 1. The molecule has 0 aromatic heterocycles. The molecule has 0 radical (unpaired) electrons. The number of benzene rings is 2. The van der Waals surface area contributed by atoms with Crippen LogP contribution in [0.3, 0.4) is 0 Å². The Bertz CT molecular complexity index is 1060. The van der Waals surface area contributed by atoms with Crippen LogP contribution in [0.1, 0.15) is 49.4 Å². The summed E-state index contributed by atoms with van der Waals surface area (Å²) in [4.78, 5) is 12.8. The highest BCUT2D eigenvalue weighted by Crippen LogP contribution is 2.26. The summed E-state index contributed by atoms with van der Waals surface area (Å²) in [7, 11) is -3.92. The van der Waals surface area contributed by atoms with Crippen molar-refractivity contribution in [3.63, 3.8) is 0 Å². The molecule has 0 bridgehead atoms. The van der Waals surface area contributed by atoms with E-state index >= 15 is 0 Å². The molecule has 0 spiro atoms. The van der Waals surface area contributed by atoms with Crippen molar-refractivity contribution in [3.05, 3.63) is 64.7 Å². The zero-order valence-electron chi connectivity index (χ0n) is 17.3. The first-order valence-corrected chi connectivity index (χ1v) is 11.8. The van der Waals surface area contributed by atoms with Gasteiger partial charge in [-0.2, -0.15) is 0 Å². The van der Waals surface area contributed by atoms with Gasteiger partial charge in [0.1, 0.15) is 6.04 Å². The monoisotopic (exact) mass is 436 g/mol. The van der Waals surface area contributed by atoms with Gasteiger partial charge in [-0.15, -0.1) is 0 Å². The predicted molar refractivity (Wildman–Crippen MR) is 113 cm³/mol. The second kappa shape index (κ2) is 8.71. The molecule has 8 heteroatoms. The third-order valence-corrected chi connectivity index (χ3v) is 6.72. The molecule has 0 heterocycles. The molecule has 0 unspecified atom stereocenters. The first-order valence-electron chi connectivity index (χ1n) is 9.94. The molecule has 0 fully saturated rings. The van der Waals surface area contributed by atoms with Gasteiger partial charge in [0.25, 0.3) is 0 Å². The van der Waals surface area contributed by atoms with Gasteiger partial charge < -0.3 is 5.32 Å². The lowest BCUT2D eigenvalue weighted by atomic mass is 9.89.